The van der Waals surface area contributed by atoms with E-state index in [1.165, 1.54) is 16.7 Å². The van der Waals surface area contributed by atoms with Gasteiger partial charge in [-0.1, -0.05) is 61.3 Å². The van der Waals surface area contributed by atoms with Crippen LogP contribution in [0, 0.1) is 12.8 Å². The van der Waals surface area contributed by atoms with Crippen LogP contribution in [0.5, 0.6) is 0 Å². The average molecular weight is 457 g/mol. The van der Waals surface area contributed by atoms with Gasteiger partial charge in [0.05, 0.1) is 5.92 Å². The molecule has 1 atom stereocenters. The maximum Gasteiger partial charge on any atom is 0.236 e. The van der Waals surface area contributed by atoms with Gasteiger partial charge in [0, 0.05) is 34.5 Å². The number of carbonyl (C=O) groups is 1. The van der Waals surface area contributed by atoms with E-state index in [0.29, 0.717) is 11.6 Å². The number of benzene rings is 2. The van der Waals surface area contributed by atoms with Crippen molar-refractivity contribution in [3.05, 3.63) is 82.0 Å². The Morgan fingerprint density at radius 1 is 1.23 bits per heavy atom. The van der Waals surface area contributed by atoms with Crippen molar-refractivity contribution >= 4 is 40.4 Å². The Labute approximate surface area is 195 Å². The second-order valence-corrected chi connectivity index (χ2v) is 8.86. The number of hydrogen-bond donors (Lipinski definition) is 1. The number of hydrogen-bond acceptors (Lipinski definition) is 2. The molecule has 2 aromatic rings. The molecule has 164 valence electrons. The first-order chi connectivity index (χ1) is 14.9. The van der Waals surface area contributed by atoms with Crippen molar-refractivity contribution in [1.29, 1.82) is 0 Å². The van der Waals surface area contributed by atoms with Gasteiger partial charge >= 0.3 is 0 Å². The molecule has 1 aliphatic rings. The standard InChI is InChI=1S/C26H30Cl2N2O/c1-4-5-7-20(25-17-22(28)11-10-18(25)2)12-14-29-19(3)24-13-15-30(26(24)31)23-9-6-8-21(27)16-23/h6-11,16-17,24,29H,3-5,12-15H2,1-2H3/b20-7-. The number of anilines is 1. The lowest BCUT2D eigenvalue weighted by Gasteiger charge is -2.19. The maximum atomic E-state index is 13.0. The molecule has 0 aromatic heterocycles. The van der Waals surface area contributed by atoms with Gasteiger partial charge < -0.3 is 10.2 Å². The lowest BCUT2D eigenvalue weighted by Crippen LogP contribution is -2.30. The summed E-state index contributed by atoms with van der Waals surface area (Å²) in [4.78, 5) is 14.8. The number of halogens is 2. The number of rotatable bonds is 9. The minimum Gasteiger partial charge on any atom is -0.388 e. The Balaban J connectivity index is 1.61. The van der Waals surface area contributed by atoms with Crippen LogP contribution in [-0.4, -0.2) is 19.0 Å². The molecule has 0 aliphatic carbocycles. The summed E-state index contributed by atoms with van der Waals surface area (Å²) in [6, 6.07) is 13.5. The van der Waals surface area contributed by atoms with Crippen LogP contribution in [0.25, 0.3) is 5.57 Å². The number of aryl methyl sites for hydroxylation is 1. The molecule has 1 aliphatic heterocycles. The van der Waals surface area contributed by atoms with E-state index >= 15 is 0 Å². The van der Waals surface area contributed by atoms with E-state index in [2.05, 4.69) is 37.9 Å². The highest BCUT2D eigenvalue weighted by molar-refractivity contribution is 6.31. The highest BCUT2D eigenvalue weighted by atomic mass is 35.5. The normalized spacial score (nSPS) is 16.6. The summed E-state index contributed by atoms with van der Waals surface area (Å²) in [5.41, 5.74) is 5.31. The average Bonchev–Trinajstić information content (AvgIpc) is 3.13. The molecule has 3 nitrogen and oxygen atoms in total. The van der Waals surface area contributed by atoms with E-state index in [0.717, 1.165) is 48.6 Å². The van der Waals surface area contributed by atoms with Gasteiger partial charge in [-0.15, -0.1) is 0 Å². The van der Waals surface area contributed by atoms with Crippen molar-refractivity contribution in [2.75, 3.05) is 18.0 Å². The quantitative estimate of drug-likeness (QED) is 0.438. The van der Waals surface area contributed by atoms with Crippen LogP contribution >= 0.6 is 23.2 Å². The number of unbranched alkanes of at least 4 members (excludes halogenated alkanes) is 1. The fourth-order valence-corrected chi connectivity index (χ4v) is 4.35. The first kappa shape index (κ1) is 23.4. The topological polar surface area (TPSA) is 32.3 Å². The van der Waals surface area contributed by atoms with Gasteiger partial charge in [-0.05, 0) is 73.2 Å². The third kappa shape index (κ3) is 5.93. The van der Waals surface area contributed by atoms with Crippen molar-refractivity contribution in [3.8, 4) is 0 Å². The van der Waals surface area contributed by atoms with Crippen molar-refractivity contribution in [1.82, 2.24) is 5.32 Å². The highest BCUT2D eigenvalue weighted by Crippen LogP contribution is 2.30. The van der Waals surface area contributed by atoms with E-state index in [1.54, 1.807) is 4.90 Å². The molecule has 31 heavy (non-hydrogen) atoms. The first-order valence-electron chi connectivity index (χ1n) is 10.9. The molecule has 5 heteroatoms. The molecule has 1 amide bonds. The molecular formula is C26H30Cl2N2O. The Morgan fingerprint density at radius 2 is 2.00 bits per heavy atom. The molecule has 1 unspecified atom stereocenters. The summed E-state index contributed by atoms with van der Waals surface area (Å²) in [5.74, 6) is -0.137. The predicted molar refractivity (Wildman–Crippen MR) is 133 cm³/mol. The van der Waals surface area contributed by atoms with Crippen LogP contribution in [0.2, 0.25) is 10.0 Å². The van der Waals surface area contributed by atoms with Crippen LogP contribution in [0.4, 0.5) is 5.69 Å². The van der Waals surface area contributed by atoms with Crippen LogP contribution < -0.4 is 10.2 Å². The van der Waals surface area contributed by atoms with E-state index in [9.17, 15) is 4.79 Å². The van der Waals surface area contributed by atoms with Crippen LogP contribution in [0.1, 0.15) is 43.7 Å². The van der Waals surface area contributed by atoms with Crippen molar-refractivity contribution in [3.63, 3.8) is 0 Å². The minimum atomic E-state index is -0.213. The van der Waals surface area contributed by atoms with Gasteiger partial charge in [0.2, 0.25) is 5.91 Å². The second kappa shape index (κ2) is 10.9. The summed E-state index contributed by atoms with van der Waals surface area (Å²) >= 11 is 12.3. The van der Waals surface area contributed by atoms with Gasteiger partial charge in [0.25, 0.3) is 0 Å². The van der Waals surface area contributed by atoms with Gasteiger partial charge in [-0.25, -0.2) is 0 Å². The molecule has 2 aromatic carbocycles. The van der Waals surface area contributed by atoms with Crippen molar-refractivity contribution < 1.29 is 4.79 Å². The SMILES string of the molecule is C=C(NCC/C(=C/CCC)c1cc(Cl)ccc1C)C1CCN(c2cccc(Cl)c2)C1=O. The summed E-state index contributed by atoms with van der Waals surface area (Å²) in [7, 11) is 0. The number of nitrogens with zero attached hydrogens (tertiary/aromatic N) is 1. The minimum absolute atomic E-state index is 0.0761. The molecule has 0 saturated carbocycles. The van der Waals surface area contributed by atoms with E-state index < -0.39 is 0 Å². The molecule has 1 fully saturated rings. The molecule has 1 heterocycles. The molecule has 0 spiro atoms. The third-order valence-electron chi connectivity index (χ3n) is 5.72. The molecule has 0 bridgehead atoms. The molecule has 0 radical (unpaired) electrons. The summed E-state index contributed by atoms with van der Waals surface area (Å²) in [6.45, 7) is 9.86. The second-order valence-electron chi connectivity index (χ2n) is 7.99. The molecule has 3 rings (SSSR count). The van der Waals surface area contributed by atoms with Crippen molar-refractivity contribution in [2.24, 2.45) is 5.92 Å². The zero-order valence-electron chi connectivity index (χ0n) is 18.3. The predicted octanol–water partition coefficient (Wildman–Crippen LogP) is 7.03. The van der Waals surface area contributed by atoms with E-state index in [1.807, 2.05) is 36.4 Å². The fourth-order valence-electron chi connectivity index (χ4n) is 3.99. The van der Waals surface area contributed by atoms with Gasteiger partial charge in [0.1, 0.15) is 0 Å². The lowest BCUT2D eigenvalue weighted by atomic mass is 9.96. The van der Waals surface area contributed by atoms with Gasteiger partial charge in [-0.3, -0.25) is 4.79 Å². The molecular weight excluding hydrogens is 427 g/mol. The number of nitrogens with one attached hydrogen (secondary N) is 1. The van der Waals surface area contributed by atoms with E-state index in [-0.39, 0.29) is 11.8 Å². The Hall–Kier alpha value is -2.23. The first-order valence-corrected chi connectivity index (χ1v) is 11.6. The smallest absolute Gasteiger partial charge is 0.236 e. The number of amides is 1. The maximum absolute atomic E-state index is 13.0. The van der Waals surface area contributed by atoms with Crippen LogP contribution in [0.15, 0.2) is 60.8 Å². The van der Waals surface area contributed by atoms with E-state index in [4.69, 9.17) is 23.2 Å². The lowest BCUT2D eigenvalue weighted by molar-refractivity contribution is -0.119. The Morgan fingerprint density at radius 3 is 2.74 bits per heavy atom. The monoisotopic (exact) mass is 456 g/mol. The third-order valence-corrected chi connectivity index (χ3v) is 6.19. The highest BCUT2D eigenvalue weighted by Gasteiger charge is 2.34. The van der Waals surface area contributed by atoms with Crippen molar-refractivity contribution in [2.45, 2.75) is 39.5 Å². The van der Waals surface area contributed by atoms with Crippen LogP contribution in [-0.2, 0) is 4.79 Å². The zero-order valence-corrected chi connectivity index (χ0v) is 19.8. The zero-order chi connectivity index (χ0) is 22.4. The molecule has 1 N–H and O–H groups in total. The van der Waals surface area contributed by atoms with Gasteiger partial charge in [-0.2, -0.15) is 0 Å². The van der Waals surface area contributed by atoms with Gasteiger partial charge in [0.15, 0.2) is 0 Å². The summed E-state index contributed by atoms with van der Waals surface area (Å²) in [6.07, 6.45) is 6.02. The number of allylic oxidation sites excluding steroid dienone is 1. The summed E-state index contributed by atoms with van der Waals surface area (Å²) < 4.78 is 0. The molecule has 1 saturated heterocycles. The Kier molecular flexibility index (Phi) is 8.22. The van der Waals surface area contributed by atoms with Crippen LogP contribution in [0.3, 0.4) is 0 Å². The number of carbonyl (C=O) groups excluding carboxylic acids is 1. The Bertz CT molecular complexity index is 983. The largest absolute Gasteiger partial charge is 0.388 e. The summed E-state index contributed by atoms with van der Waals surface area (Å²) in [5, 5.41) is 4.79. The fraction of sp³-hybridized carbons (Fsp3) is 0.346.